The molecule has 0 spiro atoms. The number of carbonyl (C=O) groups excluding carboxylic acids is 2. The minimum Gasteiger partial charge on any atom is -0.381 e. The van der Waals surface area contributed by atoms with Gasteiger partial charge in [0.05, 0.1) is 17.3 Å². The smallest absolute Gasteiger partial charge is 0.251 e. The van der Waals surface area contributed by atoms with Crippen molar-refractivity contribution in [2.45, 2.75) is 79.2 Å². The first-order valence-electron chi connectivity index (χ1n) is 19.8. The van der Waals surface area contributed by atoms with Crippen LogP contribution in [0.2, 0.25) is 0 Å². The lowest BCUT2D eigenvalue weighted by atomic mass is 9.96. The predicted molar refractivity (Wildman–Crippen MR) is 218 cm³/mol. The lowest BCUT2D eigenvalue weighted by molar-refractivity contribution is 0.0904. The molecule has 55 heavy (non-hydrogen) atoms. The van der Waals surface area contributed by atoms with E-state index in [0.717, 1.165) is 90.2 Å². The van der Waals surface area contributed by atoms with Gasteiger partial charge in [0.15, 0.2) is 5.65 Å². The summed E-state index contributed by atoms with van der Waals surface area (Å²) in [5.41, 5.74) is 11.3. The first-order chi connectivity index (χ1) is 26.8. The largest absolute Gasteiger partial charge is 0.381 e. The predicted octanol–water partition coefficient (Wildman–Crippen LogP) is 6.15. The summed E-state index contributed by atoms with van der Waals surface area (Å²) in [4.78, 5) is 34.8. The second-order valence-corrected chi connectivity index (χ2v) is 14.8. The Morgan fingerprint density at radius 3 is 2.36 bits per heavy atom. The van der Waals surface area contributed by atoms with Crippen LogP contribution in [-0.4, -0.2) is 76.9 Å². The van der Waals surface area contributed by atoms with Crippen molar-refractivity contribution >= 4 is 28.5 Å². The number of aromatic nitrogens is 3. The van der Waals surface area contributed by atoms with Gasteiger partial charge in [-0.25, -0.2) is 9.67 Å². The third kappa shape index (κ3) is 9.07. The Morgan fingerprint density at radius 1 is 0.891 bits per heavy atom. The monoisotopic (exact) mass is 742 g/mol. The van der Waals surface area contributed by atoms with Gasteiger partial charge in [0.2, 0.25) is 0 Å². The molecular weight excluding hydrogens is 689 g/mol. The number of ether oxygens (including phenoxy) is 1. The van der Waals surface area contributed by atoms with E-state index in [-0.39, 0.29) is 24.4 Å². The zero-order valence-corrected chi connectivity index (χ0v) is 32.6. The molecular formula is C44H54N8O3. The minimum atomic E-state index is -0.247. The van der Waals surface area contributed by atoms with Crippen LogP contribution in [-0.2, 0) is 37.3 Å². The summed E-state index contributed by atoms with van der Waals surface area (Å²) < 4.78 is 7.53. The van der Waals surface area contributed by atoms with Gasteiger partial charge in [-0.3, -0.25) is 14.5 Å². The normalized spacial score (nSPS) is 15.3. The van der Waals surface area contributed by atoms with Gasteiger partial charge in [0, 0.05) is 94.0 Å². The third-order valence-corrected chi connectivity index (χ3v) is 10.8. The van der Waals surface area contributed by atoms with E-state index >= 15 is 0 Å². The molecule has 2 saturated heterocycles. The van der Waals surface area contributed by atoms with Gasteiger partial charge in [-0.05, 0) is 104 Å². The van der Waals surface area contributed by atoms with Crippen LogP contribution in [0.5, 0.6) is 0 Å². The van der Waals surface area contributed by atoms with Crippen molar-refractivity contribution in [3.8, 4) is 11.1 Å². The number of piperazine rings is 1. The number of fused-ring (bicyclic) bond motifs is 1. The van der Waals surface area contributed by atoms with Gasteiger partial charge >= 0.3 is 0 Å². The second kappa shape index (κ2) is 17.6. The number of pyridine rings is 1. The minimum absolute atomic E-state index is 0.225. The molecule has 0 unspecified atom stereocenters. The van der Waals surface area contributed by atoms with Crippen LogP contribution in [0.25, 0.3) is 22.2 Å². The summed E-state index contributed by atoms with van der Waals surface area (Å²) in [5, 5.41) is 19.0. The van der Waals surface area contributed by atoms with Crippen LogP contribution in [0.1, 0.15) is 80.9 Å². The van der Waals surface area contributed by atoms with Crippen molar-refractivity contribution in [3.05, 3.63) is 111 Å². The second-order valence-electron chi connectivity index (χ2n) is 14.8. The van der Waals surface area contributed by atoms with Crippen LogP contribution in [0.15, 0.2) is 66.9 Å². The Balaban J connectivity index is 1.04. The highest BCUT2D eigenvalue weighted by molar-refractivity contribution is 6.00. The molecule has 7 rings (SSSR count). The molecule has 11 nitrogen and oxygen atoms in total. The molecule has 4 N–H and O–H groups in total. The molecule has 0 saturated carbocycles. The van der Waals surface area contributed by atoms with E-state index in [9.17, 15) is 9.59 Å². The molecule has 2 aliphatic heterocycles. The lowest BCUT2D eigenvalue weighted by Crippen LogP contribution is -2.42. The number of aryl methyl sites for hydroxylation is 4. The third-order valence-electron chi connectivity index (χ3n) is 10.8. The van der Waals surface area contributed by atoms with Crippen molar-refractivity contribution in [1.29, 1.82) is 0 Å². The highest BCUT2D eigenvalue weighted by Crippen LogP contribution is 2.32. The van der Waals surface area contributed by atoms with Crippen molar-refractivity contribution in [2.75, 3.05) is 44.7 Å². The fourth-order valence-corrected chi connectivity index (χ4v) is 7.76. The van der Waals surface area contributed by atoms with Crippen molar-refractivity contribution in [1.82, 2.24) is 35.6 Å². The fourth-order valence-electron chi connectivity index (χ4n) is 7.76. The van der Waals surface area contributed by atoms with E-state index in [0.29, 0.717) is 43.9 Å². The van der Waals surface area contributed by atoms with Crippen LogP contribution < -0.4 is 21.3 Å². The number of anilines is 1. The molecule has 3 aromatic carbocycles. The molecule has 11 heteroatoms. The highest BCUT2D eigenvalue weighted by Gasteiger charge is 2.23. The zero-order valence-electron chi connectivity index (χ0n) is 32.6. The van der Waals surface area contributed by atoms with E-state index in [2.05, 4.69) is 94.5 Å². The van der Waals surface area contributed by atoms with Crippen molar-refractivity contribution in [2.24, 2.45) is 0 Å². The highest BCUT2D eigenvalue weighted by atomic mass is 16.5. The standard InChI is InChI=1S/C44H54N8O3/c1-5-40-38(41(49-36-12-18-55-19-13-36)39-27-48-52(6-2)42(39)50-40)26-47-44(54)35-21-29(3)20-34(24-35)43(53)46-25-31-11-10-30(4)37(23-31)33-9-7-8-32(22-33)28-51-16-14-45-15-17-51/h7-11,20-24,27,36,45H,5-6,12-19,25-26,28H2,1-4H3,(H,46,53)(H,47,54)(H,49,50). The lowest BCUT2D eigenvalue weighted by Gasteiger charge is -2.27. The average Bonchev–Trinajstić information content (AvgIpc) is 3.63. The zero-order chi connectivity index (χ0) is 38.3. The fraction of sp³-hybridized carbons (Fsp3) is 0.409. The summed E-state index contributed by atoms with van der Waals surface area (Å²) in [6.07, 6.45) is 4.39. The van der Waals surface area contributed by atoms with Crippen molar-refractivity contribution in [3.63, 3.8) is 0 Å². The van der Waals surface area contributed by atoms with Crippen LogP contribution in [0, 0.1) is 13.8 Å². The Labute approximate surface area is 324 Å². The molecule has 5 aromatic rings. The molecule has 2 aliphatic rings. The molecule has 288 valence electrons. The number of hydrogen-bond acceptors (Lipinski definition) is 8. The molecule has 0 aliphatic carbocycles. The summed E-state index contributed by atoms with van der Waals surface area (Å²) >= 11 is 0. The number of nitrogens with zero attached hydrogens (tertiary/aromatic N) is 4. The summed E-state index contributed by atoms with van der Waals surface area (Å²) in [6, 6.07) is 20.7. The van der Waals surface area contributed by atoms with E-state index in [4.69, 9.17) is 9.72 Å². The van der Waals surface area contributed by atoms with E-state index < -0.39 is 0 Å². The first-order valence-corrected chi connectivity index (χ1v) is 19.8. The van der Waals surface area contributed by atoms with Gasteiger partial charge in [0.1, 0.15) is 0 Å². The molecule has 0 bridgehead atoms. The summed E-state index contributed by atoms with van der Waals surface area (Å²) in [7, 11) is 0. The Bertz CT molecular complexity index is 2150. The van der Waals surface area contributed by atoms with Gasteiger partial charge < -0.3 is 26.0 Å². The molecule has 4 heterocycles. The maximum atomic E-state index is 13.8. The number of rotatable bonds is 13. The number of carbonyl (C=O) groups is 2. The Hall–Kier alpha value is -5.10. The molecule has 0 radical (unpaired) electrons. The Kier molecular flexibility index (Phi) is 12.2. The number of amides is 2. The van der Waals surface area contributed by atoms with Gasteiger partial charge in [0.25, 0.3) is 11.8 Å². The average molecular weight is 743 g/mol. The SMILES string of the molecule is CCc1nc2c(cnn2CC)c(NC2CCOCC2)c1CNC(=O)c1cc(C)cc(C(=O)NCc2ccc(C)c(-c3cccc(CN4CCNCC4)c3)c2)c1. The molecule has 0 atom stereocenters. The topological polar surface area (TPSA) is 125 Å². The Morgan fingerprint density at radius 2 is 1.64 bits per heavy atom. The van der Waals surface area contributed by atoms with Crippen LogP contribution in [0.4, 0.5) is 5.69 Å². The number of hydrogen-bond donors (Lipinski definition) is 4. The van der Waals surface area contributed by atoms with Gasteiger partial charge in [-0.1, -0.05) is 37.3 Å². The van der Waals surface area contributed by atoms with E-state index in [1.54, 1.807) is 6.07 Å². The maximum absolute atomic E-state index is 13.8. The quantitative estimate of drug-likeness (QED) is 0.113. The first kappa shape index (κ1) is 38.2. The number of nitrogens with one attached hydrogen (secondary N) is 4. The van der Waals surface area contributed by atoms with E-state index in [1.165, 1.54) is 16.7 Å². The summed E-state index contributed by atoms with van der Waals surface area (Å²) in [6.45, 7) is 16.1. The maximum Gasteiger partial charge on any atom is 0.251 e. The molecule has 2 fully saturated rings. The molecule has 2 aromatic heterocycles. The van der Waals surface area contributed by atoms with Crippen LogP contribution in [0.3, 0.4) is 0 Å². The van der Waals surface area contributed by atoms with Gasteiger partial charge in [-0.15, -0.1) is 0 Å². The van der Waals surface area contributed by atoms with Crippen molar-refractivity contribution < 1.29 is 14.3 Å². The van der Waals surface area contributed by atoms with Crippen LogP contribution >= 0.6 is 0 Å². The van der Waals surface area contributed by atoms with Gasteiger partial charge in [-0.2, -0.15) is 5.10 Å². The number of benzene rings is 3. The molecule has 2 amide bonds. The van der Waals surface area contributed by atoms with E-state index in [1.807, 2.05) is 29.9 Å². The summed E-state index contributed by atoms with van der Waals surface area (Å²) in [5.74, 6) is -0.472.